The lowest BCUT2D eigenvalue weighted by molar-refractivity contribution is -0.137. The number of aromatic nitrogens is 1. The average molecular weight is 968 g/mol. The number of hydrogen-bond acceptors (Lipinski definition) is 4. The van der Waals surface area contributed by atoms with Gasteiger partial charge in [-0.2, -0.15) is 26.3 Å². The van der Waals surface area contributed by atoms with Crippen molar-refractivity contribution in [3.8, 4) is 22.3 Å². The van der Waals surface area contributed by atoms with E-state index in [1.807, 2.05) is 175 Å². The fraction of sp³-hybridized carbons (Fsp3) is 0.0847. The van der Waals surface area contributed by atoms with Gasteiger partial charge in [-0.05, 0) is 109 Å². The van der Waals surface area contributed by atoms with Gasteiger partial charge >= 0.3 is 12.4 Å². The average Bonchev–Trinajstić information content (AvgIpc) is 3.71. The molecule has 344 valence electrons. The summed E-state index contributed by atoms with van der Waals surface area (Å²) in [5, 5.41) is 1.78. The molecule has 11 heteroatoms. The van der Waals surface area contributed by atoms with E-state index in [1.165, 1.54) is 24.3 Å². The fourth-order valence-electron chi connectivity index (χ4n) is 10.6. The van der Waals surface area contributed by atoms with Crippen LogP contribution in [0, 0.1) is 0 Å². The van der Waals surface area contributed by atoms with Gasteiger partial charge in [0.25, 0.3) is 0 Å². The van der Waals surface area contributed by atoms with Gasteiger partial charge in [0.05, 0.1) is 50.8 Å². The van der Waals surface area contributed by atoms with Crippen molar-refractivity contribution in [2.75, 3.05) is 9.80 Å². The molecule has 0 saturated carbocycles. The molecule has 3 nitrogen and oxygen atoms in total. The molecule has 2 aliphatic rings. The number of para-hydroxylation sites is 6. The monoisotopic (exact) mass is 967 g/mol. The second-order valence-electron chi connectivity index (χ2n) is 17.8. The third-order valence-corrected chi connectivity index (χ3v) is 15.6. The van der Waals surface area contributed by atoms with Crippen molar-refractivity contribution in [2.45, 2.75) is 51.3 Å². The van der Waals surface area contributed by atoms with Crippen LogP contribution in [0.3, 0.4) is 0 Å². The molecule has 0 atom stereocenters. The number of nitrogens with zero attached hydrogens (tertiary/aromatic N) is 3. The molecular weight excluding hydrogens is 929 g/mol. The van der Waals surface area contributed by atoms with E-state index in [0.29, 0.717) is 34.1 Å². The Morgan fingerprint density at radius 2 is 0.671 bits per heavy atom. The molecule has 9 aromatic carbocycles. The van der Waals surface area contributed by atoms with Crippen LogP contribution < -0.4 is 9.80 Å². The molecular formula is C59H39F6N3S2. The normalized spacial score (nSPS) is 13.5. The second kappa shape index (κ2) is 16.4. The first-order valence-electron chi connectivity index (χ1n) is 22.7. The Bertz CT molecular complexity index is 3400. The van der Waals surface area contributed by atoms with Crippen LogP contribution in [0.25, 0.3) is 44.1 Å². The standard InChI is InChI=1S/C59H39F6N3S2/c1-57(2,68-42-25-9-5-19-36(42)37-20-6-10-26-43(37)68)56-54(38-21-3-7-23-40(38)58(60,61)62)48(66-44-27-11-15-31-50(44)69-51-32-16-12-28-45(51)66)35-49(55(56)39-22-4-8-24-41(39)59(63,64)65)67-46-29-13-17-33-52(46)70-53-34-18-14-30-47(53)67/h3-35H,1-2H3. The van der Waals surface area contributed by atoms with Gasteiger partial charge in [-0.3, -0.25) is 0 Å². The van der Waals surface area contributed by atoms with Crippen LogP contribution in [0.1, 0.15) is 30.5 Å². The number of benzene rings is 9. The van der Waals surface area contributed by atoms with Gasteiger partial charge in [-0.1, -0.05) is 145 Å². The van der Waals surface area contributed by atoms with Crippen molar-refractivity contribution in [1.82, 2.24) is 4.57 Å². The van der Waals surface area contributed by atoms with Crippen LogP contribution in [-0.4, -0.2) is 4.57 Å². The highest BCUT2D eigenvalue weighted by molar-refractivity contribution is 8.00. The Morgan fingerprint density at radius 3 is 1.04 bits per heavy atom. The van der Waals surface area contributed by atoms with Gasteiger partial charge in [-0.15, -0.1) is 0 Å². The van der Waals surface area contributed by atoms with Gasteiger partial charge < -0.3 is 14.4 Å². The van der Waals surface area contributed by atoms with Gasteiger partial charge in [0.1, 0.15) is 0 Å². The molecule has 0 saturated heterocycles. The Morgan fingerprint density at radius 1 is 0.357 bits per heavy atom. The lowest BCUT2D eigenvalue weighted by atomic mass is 9.76. The summed E-state index contributed by atoms with van der Waals surface area (Å²) < 4.78 is 98.5. The van der Waals surface area contributed by atoms with Crippen molar-refractivity contribution in [1.29, 1.82) is 0 Å². The number of halogens is 6. The predicted molar refractivity (Wildman–Crippen MR) is 273 cm³/mol. The number of fused-ring (bicyclic) bond motifs is 7. The summed E-state index contributed by atoms with van der Waals surface area (Å²) in [6.45, 7) is 3.85. The van der Waals surface area contributed by atoms with E-state index < -0.39 is 29.0 Å². The summed E-state index contributed by atoms with van der Waals surface area (Å²) in [5.74, 6) is 0. The zero-order valence-corrected chi connectivity index (χ0v) is 39.1. The van der Waals surface area contributed by atoms with Gasteiger partial charge in [0.2, 0.25) is 0 Å². The molecule has 70 heavy (non-hydrogen) atoms. The zero-order chi connectivity index (χ0) is 48.1. The Labute approximate surface area is 408 Å². The maximum atomic E-state index is 16.1. The number of anilines is 6. The number of rotatable bonds is 6. The first-order valence-corrected chi connectivity index (χ1v) is 24.3. The van der Waals surface area contributed by atoms with Crippen molar-refractivity contribution in [3.05, 3.63) is 217 Å². The van der Waals surface area contributed by atoms with Crippen molar-refractivity contribution in [2.24, 2.45) is 0 Å². The van der Waals surface area contributed by atoms with Gasteiger partial charge in [0, 0.05) is 52.5 Å². The Hall–Kier alpha value is -7.34. The first-order chi connectivity index (χ1) is 33.8. The zero-order valence-electron chi connectivity index (χ0n) is 37.5. The Balaban J connectivity index is 1.38. The molecule has 3 heterocycles. The maximum absolute atomic E-state index is 16.1. The van der Waals surface area contributed by atoms with Crippen LogP contribution >= 0.6 is 23.5 Å². The molecule has 10 aromatic rings. The number of alkyl halides is 6. The largest absolute Gasteiger partial charge is 0.417 e. The van der Waals surface area contributed by atoms with E-state index in [-0.39, 0.29) is 27.8 Å². The highest BCUT2D eigenvalue weighted by atomic mass is 32.2. The van der Waals surface area contributed by atoms with Crippen LogP contribution in [0.15, 0.2) is 220 Å². The molecule has 0 fully saturated rings. The fourth-order valence-corrected chi connectivity index (χ4v) is 12.7. The summed E-state index contributed by atoms with van der Waals surface area (Å²) in [6.07, 6.45) is -9.75. The van der Waals surface area contributed by atoms with Crippen LogP contribution in [0.5, 0.6) is 0 Å². The predicted octanol–water partition coefficient (Wildman–Crippen LogP) is 18.8. The summed E-state index contributed by atoms with van der Waals surface area (Å²) in [6, 6.07) is 59.4. The van der Waals surface area contributed by atoms with Crippen LogP contribution in [0.2, 0.25) is 0 Å². The molecule has 0 unspecified atom stereocenters. The van der Waals surface area contributed by atoms with Gasteiger partial charge in [0.15, 0.2) is 0 Å². The molecule has 2 aliphatic heterocycles. The molecule has 0 bridgehead atoms. The summed E-state index contributed by atoms with van der Waals surface area (Å²) in [5.41, 5.74) is 2.02. The van der Waals surface area contributed by atoms with E-state index >= 15 is 26.3 Å². The summed E-state index contributed by atoms with van der Waals surface area (Å²) >= 11 is 3.11. The topological polar surface area (TPSA) is 11.4 Å². The smallest absolute Gasteiger partial charge is 0.331 e. The van der Waals surface area contributed by atoms with Crippen LogP contribution in [-0.2, 0) is 17.9 Å². The van der Waals surface area contributed by atoms with Crippen LogP contribution in [0.4, 0.5) is 60.5 Å². The SMILES string of the molecule is CC(C)(c1c(-c2ccccc2C(F)(F)F)c(N2c3ccccc3Sc3ccccc32)cc(N2c3ccccc3Sc3ccccc32)c1-c1ccccc1C(F)(F)F)n1c2ccccc2c2ccccc21. The first kappa shape index (κ1) is 43.9. The third kappa shape index (κ3) is 6.92. The molecule has 0 spiro atoms. The van der Waals surface area contributed by atoms with E-state index in [1.54, 1.807) is 35.7 Å². The Kier molecular flexibility index (Phi) is 10.3. The second-order valence-corrected chi connectivity index (χ2v) is 20.0. The molecule has 0 N–H and O–H groups in total. The van der Waals surface area contributed by atoms with Gasteiger partial charge in [-0.25, -0.2) is 0 Å². The maximum Gasteiger partial charge on any atom is 0.417 e. The lowest BCUT2D eigenvalue weighted by Crippen LogP contribution is -2.31. The summed E-state index contributed by atoms with van der Waals surface area (Å²) in [7, 11) is 0. The van der Waals surface area contributed by atoms with Crippen molar-refractivity contribution < 1.29 is 26.3 Å². The highest BCUT2D eigenvalue weighted by Crippen LogP contribution is 2.62. The quantitative estimate of drug-likeness (QED) is 0.154. The summed E-state index contributed by atoms with van der Waals surface area (Å²) in [4.78, 5) is 7.45. The number of hydrogen-bond donors (Lipinski definition) is 0. The molecule has 0 amide bonds. The molecule has 12 rings (SSSR count). The lowest BCUT2D eigenvalue weighted by Gasteiger charge is -2.42. The minimum Gasteiger partial charge on any atom is -0.331 e. The molecule has 1 aromatic heterocycles. The third-order valence-electron chi connectivity index (χ3n) is 13.4. The van der Waals surface area contributed by atoms with E-state index in [9.17, 15) is 0 Å². The minimum absolute atomic E-state index is 0.139. The minimum atomic E-state index is -4.87. The molecule has 0 aliphatic carbocycles. The van der Waals surface area contributed by atoms with Crippen molar-refractivity contribution in [3.63, 3.8) is 0 Å². The van der Waals surface area contributed by atoms with E-state index in [4.69, 9.17) is 0 Å². The van der Waals surface area contributed by atoms with Crippen molar-refractivity contribution >= 4 is 79.5 Å². The van der Waals surface area contributed by atoms with E-state index in [2.05, 4.69) is 4.57 Å². The molecule has 0 radical (unpaired) electrons. The van der Waals surface area contributed by atoms with E-state index in [0.717, 1.165) is 53.5 Å². The highest BCUT2D eigenvalue weighted by Gasteiger charge is 2.44.